The zero-order valence-corrected chi connectivity index (χ0v) is 12.9. The number of nitrogens with zero attached hydrogens (tertiary/aromatic N) is 1. The Labute approximate surface area is 126 Å². The summed E-state index contributed by atoms with van der Waals surface area (Å²) in [5.41, 5.74) is 3.78. The minimum atomic E-state index is -0.168. The van der Waals surface area contributed by atoms with Crippen molar-refractivity contribution in [3.05, 3.63) is 11.6 Å². The van der Waals surface area contributed by atoms with E-state index in [4.69, 9.17) is 0 Å². The average Bonchev–Trinajstić information content (AvgIpc) is 2.51. The Morgan fingerprint density at radius 2 is 2.00 bits per heavy atom. The fraction of sp³-hybridized carbons (Fsp3) is 0.688. The van der Waals surface area contributed by atoms with Gasteiger partial charge in [0.25, 0.3) is 0 Å². The Morgan fingerprint density at radius 3 is 2.67 bits per heavy atom. The molecule has 0 atom stereocenters. The normalized spacial score (nSPS) is 14.8. The van der Waals surface area contributed by atoms with Gasteiger partial charge in [-0.1, -0.05) is 18.9 Å². The Balaban J connectivity index is 2.00. The van der Waals surface area contributed by atoms with E-state index in [1.807, 2.05) is 0 Å². The van der Waals surface area contributed by atoms with Crippen molar-refractivity contribution in [3.8, 4) is 0 Å². The van der Waals surface area contributed by atoms with Gasteiger partial charge >= 0.3 is 5.97 Å². The lowest BCUT2D eigenvalue weighted by molar-refractivity contribution is -0.140. The molecule has 1 N–H and O–H groups in total. The lowest BCUT2D eigenvalue weighted by atomic mass is 10.0. The molecular weight excluding hydrogens is 268 g/mol. The summed E-state index contributed by atoms with van der Waals surface area (Å²) in [5, 5.41) is 3.99. The van der Waals surface area contributed by atoms with E-state index in [2.05, 4.69) is 21.3 Å². The first-order chi connectivity index (χ1) is 10.2. The molecular formula is C16H26N2O3. The van der Waals surface area contributed by atoms with E-state index in [9.17, 15) is 9.59 Å². The summed E-state index contributed by atoms with van der Waals surface area (Å²) in [6.07, 6.45) is 13.0. The average molecular weight is 294 g/mol. The van der Waals surface area contributed by atoms with Crippen LogP contribution in [0.5, 0.6) is 0 Å². The lowest BCUT2D eigenvalue weighted by Gasteiger charge is -2.07. The smallest absolute Gasteiger partial charge is 0.305 e. The van der Waals surface area contributed by atoms with Gasteiger partial charge < -0.3 is 4.74 Å². The van der Waals surface area contributed by atoms with Crippen LogP contribution in [-0.4, -0.2) is 25.2 Å². The summed E-state index contributed by atoms with van der Waals surface area (Å²) in [6, 6.07) is 0. The number of hydrogen-bond acceptors (Lipinski definition) is 4. The summed E-state index contributed by atoms with van der Waals surface area (Å²) in [5.74, 6) is -0.213. The molecule has 1 aliphatic carbocycles. The molecule has 0 aromatic carbocycles. The summed E-state index contributed by atoms with van der Waals surface area (Å²) in [6.45, 7) is 0. The van der Waals surface area contributed by atoms with Gasteiger partial charge in [0.05, 0.1) is 13.3 Å². The minimum Gasteiger partial charge on any atom is -0.469 e. The Bertz CT molecular complexity index is 389. The van der Waals surface area contributed by atoms with Gasteiger partial charge in [0.15, 0.2) is 0 Å². The van der Waals surface area contributed by atoms with Crippen LogP contribution < -0.4 is 5.43 Å². The monoisotopic (exact) mass is 294 g/mol. The lowest BCUT2D eigenvalue weighted by Crippen LogP contribution is -2.17. The van der Waals surface area contributed by atoms with Crippen LogP contribution in [0.15, 0.2) is 16.8 Å². The van der Waals surface area contributed by atoms with Crippen LogP contribution in [0.4, 0.5) is 0 Å². The quantitative estimate of drug-likeness (QED) is 0.307. The highest BCUT2D eigenvalue weighted by atomic mass is 16.5. The van der Waals surface area contributed by atoms with Crippen molar-refractivity contribution in [2.24, 2.45) is 5.10 Å². The van der Waals surface area contributed by atoms with Gasteiger partial charge in [-0.15, -0.1) is 0 Å². The summed E-state index contributed by atoms with van der Waals surface area (Å²) in [7, 11) is 1.40. The highest BCUT2D eigenvalue weighted by molar-refractivity contribution is 5.81. The molecule has 0 fully saturated rings. The molecule has 5 nitrogen and oxygen atoms in total. The molecule has 0 heterocycles. The van der Waals surface area contributed by atoms with Crippen LogP contribution in [0.1, 0.15) is 64.2 Å². The number of esters is 1. The second kappa shape index (κ2) is 11.1. The molecule has 0 saturated heterocycles. The van der Waals surface area contributed by atoms with Crippen LogP contribution in [0.25, 0.3) is 0 Å². The molecule has 21 heavy (non-hydrogen) atoms. The van der Waals surface area contributed by atoms with E-state index >= 15 is 0 Å². The maximum Gasteiger partial charge on any atom is 0.305 e. The molecule has 5 heteroatoms. The van der Waals surface area contributed by atoms with E-state index in [0.29, 0.717) is 12.8 Å². The van der Waals surface area contributed by atoms with Gasteiger partial charge in [-0.25, -0.2) is 5.43 Å². The predicted octanol–water partition coefficient (Wildman–Crippen LogP) is 3.10. The van der Waals surface area contributed by atoms with E-state index in [1.165, 1.54) is 25.5 Å². The van der Waals surface area contributed by atoms with Crippen molar-refractivity contribution in [2.45, 2.75) is 64.2 Å². The van der Waals surface area contributed by atoms with Crippen LogP contribution in [-0.2, 0) is 14.3 Å². The molecule has 1 rings (SSSR count). The first-order valence-corrected chi connectivity index (χ1v) is 7.80. The number of nitrogens with one attached hydrogen (secondary N) is 1. The topological polar surface area (TPSA) is 67.8 Å². The fourth-order valence-electron chi connectivity index (χ4n) is 2.23. The Kier molecular flexibility index (Phi) is 9.16. The second-order valence-corrected chi connectivity index (χ2v) is 5.31. The molecule has 0 aliphatic heterocycles. The van der Waals surface area contributed by atoms with Crippen LogP contribution in [0, 0.1) is 0 Å². The molecule has 118 valence electrons. The SMILES string of the molecule is COC(=O)CCCCCCC(=O)N/N=C/C1=CCCCC1. The highest BCUT2D eigenvalue weighted by Gasteiger charge is 2.03. The van der Waals surface area contributed by atoms with Crippen LogP contribution in [0.2, 0.25) is 0 Å². The first kappa shape index (κ1) is 17.4. The molecule has 0 aromatic heterocycles. The standard InChI is InChI=1S/C16H26N2O3/c1-21-16(20)12-8-3-2-7-11-15(19)18-17-13-14-9-5-4-6-10-14/h9,13H,2-8,10-12H2,1H3,(H,18,19)/b17-13+. The third-order valence-corrected chi connectivity index (χ3v) is 3.51. The molecule has 0 spiro atoms. The van der Waals surface area contributed by atoms with Gasteiger partial charge in [-0.05, 0) is 44.1 Å². The molecule has 0 radical (unpaired) electrons. The number of unbranched alkanes of at least 4 members (excludes halogenated alkanes) is 3. The Hall–Kier alpha value is -1.65. The first-order valence-electron chi connectivity index (χ1n) is 7.80. The summed E-state index contributed by atoms with van der Waals surface area (Å²) >= 11 is 0. The number of ether oxygens (including phenoxy) is 1. The maximum atomic E-state index is 11.6. The van der Waals surface area contributed by atoms with Crippen molar-refractivity contribution in [1.82, 2.24) is 5.43 Å². The molecule has 1 amide bonds. The van der Waals surface area contributed by atoms with Crippen molar-refractivity contribution >= 4 is 18.1 Å². The number of allylic oxidation sites excluding steroid dienone is 2. The zero-order chi connectivity index (χ0) is 15.3. The van der Waals surface area contributed by atoms with E-state index in [0.717, 1.165) is 38.5 Å². The number of rotatable bonds is 9. The van der Waals surface area contributed by atoms with Crippen molar-refractivity contribution in [2.75, 3.05) is 7.11 Å². The fourth-order valence-corrected chi connectivity index (χ4v) is 2.23. The van der Waals surface area contributed by atoms with Gasteiger partial charge in [0.1, 0.15) is 0 Å². The molecule has 0 bridgehead atoms. The zero-order valence-electron chi connectivity index (χ0n) is 12.9. The van der Waals surface area contributed by atoms with Crippen molar-refractivity contribution in [1.29, 1.82) is 0 Å². The molecule has 1 aliphatic rings. The highest BCUT2D eigenvalue weighted by Crippen LogP contribution is 2.15. The molecule has 0 saturated carbocycles. The van der Waals surface area contributed by atoms with E-state index < -0.39 is 0 Å². The van der Waals surface area contributed by atoms with Crippen LogP contribution in [0.3, 0.4) is 0 Å². The number of carbonyl (C=O) groups excluding carboxylic acids is 2. The van der Waals surface area contributed by atoms with Gasteiger partial charge in [0, 0.05) is 12.8 Å². The third-order valence-electron chi connectivity index (χ3n) is 3.51. The largest absolute Gasteiger partial charge is 0.469 e. The minimum absolute atomic E-state index is 0.0457. The number of carbonyl (C=O) groups is 2. The number of hydrazone groups is 1. The molecule has 0 unspecified atom stereocenters. The number of methoxy groups -OCH3 is 1. The van der Waals surface area contributed by atoms with E-state index in [-0.39, 0.29) is 11.9 Å². The summed E-state index contributed by atoms with van der Waals surface area (Å²) < 4.78 is 4.57. The van der Waals surface area contributed by atoms with E-state index in [1.54, 1.807) is 6.21 Å². The number of hydrogen-bond donors (Lipinski definition) is 1. The van der Waals surface area contributed by atoms with Gasteiger partial charge in [0.2, 0.25) is 5.91 Å². The summed E-state index contributed by atoms with van der Waals surface area (Å²) in [4.78, 5) is 22.4. The predicted molar refractivity (Wildman–Crippen MR) is 82.9 cm³/mol. The maximum absolute atomic E-state index is 11.6. The van der Waals surface area contributed by atoms with Gasteiger partial charge in [-0.3, -0.25) is 9.59 Å². The van der Waals surface area contributed by atoms with Gasteiger partial charge in [-0.2, -0.15) is 5.10 Å². The second-order valence-electron chi connectivity index (χ2n) is 5.31. The third kappa shape index (κ3) is 9.00. The van der Waals surface area contributed by atoms with Crippen LogP contribution >= 0.6 is 0 Å². The molecule has 0 aromatic rings. The van der Waals surface area contributed by atoms with Crippen molar-refractivity contribution in [3.63, 3.8) is 0 Å². The van der Waals surface area contributed by atoms with Crippen molar-refractivity contribution < 1.29 is 14.3 Å². The Morgan fingerprint density at radius 1 is 1.24 bits per heavy atom. The number of amides is 1.